The molecule has 5 nitrogen and oxygen atoms in total. The van der Waals surface area contributed by atoms with Crippen LogP contribution in [-0.2, 0) is 0 Å². The number of nitrogens with zero attached hydrogens (tertiary/aromatic N) is 2. The standard InChI is InChI=1S/C17H19N3O2/c1-12-5-4-6-13(22-10-8-17(2,3)11-18)15(12)16-19-9-7-14(21)20-16/h4-7,9H,8,10H2,1-3H3,(H,19,20,21). The molecule has 0 bridgehead atoms. The van der Waals surface area contributed by atoms with Crippen LogP contribution in [0.15, 0.2) is 35.3 Å². The van der Waals surface area contributed by atoms with Crippen molar-refractivity contribution in [3.63, 3.8) is 0 Å². The van der Waals surface area contributed by atoms with Crippen LogP contribution in [0.2, 0.25) is 0 Å². The smallest absolute Gasteiger partial charge is 0.251 e. The van der Waals surface area contributed by atoms with Gasteiger partial charge < -0.3 is 9.72 Å². The molecule has 0 spiro atoms. The summed E-state index contributed by atoms with van der Waals surface area (Å²) in [7, 11) is 0. The molecule has 114 valence electrons. The van der Waals surface area contributed by atoms with E-state index in [1.165, 1.54) is 12.3 Å². The molecule has 0 unspecified atom stereocenters. The molecule has 1 heterocycles. The second-order valence-corrected chi connectivity index (χ2v) is 5.82. The molecule has 0 atom stereocenters. The lowest BCUT2D eigenvalue weighted by Crippen LogP contribution is -2.14. The minimum atomic E-state index is -0.427. The molecule has 22 heavy (non-hydrogen) atoms. The Balaban J connectivity index is 2.28. The number of aromatic amines is 1. The van der Waals surface area contributed by atoms with E-state index < -0.39 is 5.41 Å². The molecule has 5 heteroatoms. The van der Waals surface area contributed by atoms with Crippen molar-refractivity contribution in [3.8, 4) is 23.2 Å². The van der Waals surface area contributed by atoms with Crippen molar-refractivity contribution in [1.29, 1.82) is 5.26 Å². The van der Waals surface area contributed by atoms with Crippen molar-refractivity contribution in [2.45, 2.75) is 27.2 Å². The van der Waals surface area contributed by atoms with Gasteiger partial charge in [0.25, 0.3) is 5.56 Å². The zero-order valence-electron chi connectivity index (χ0n) is 13.0. The van der Waals surface area contributed by atoms with Crippen LogP contribution in [0.25, 0.3) is 11.4 Å². The number of nitriles is 1. The minimum absolute atomic E-state index is 0.204. The lowest BCUT2D eigenvalue weighted by molar-refractivity contribution is 0.265. The first-order chi connectivity index (χ1) is 10.4. The fourth-order valence-electron chi connectivity index (χ4n) is 2.03. The van der Waals surface area contributed by atoms with Crippen LogP contribution in [0.1, 0.15) is 25.8 Å². The van der Waals surface area contributed by atoms with Crippen LogP contribution in [0, 0.1) is 23.7 Å². The topological polar surface area (TPSA) is 78.8 Å². The summed E-state index contributed by atoms with van der Waals surface area (Å²) in [6, 6.07) is 9.30. The summed E-state index contributed by atoms with van der Waals surface area (Å²) < 4.78 is 5.84. The highest BCUT2D eigenvalue weighted by molar-refractivity contribution is 5.67. The fraction of sp³-hybridized carbons (Fsp3) is 0.353. The van der Waals surface area contributed by atoms with Gasteiger partial charge in [-0.25, -0.2) is 4.98 Å². The first-order valence-electron chi connectivity index (χ1n) is 7.12. The highest BCUT2D eigenvalue weighted by Crippen LogP contribution is 2.31. The molecular weight excluding hydrogens is 278 g/mol. The summed E-state index contributed by atoms with van der Waals surface area (Å²) in [5.41, 5.74) is 1.11. The molecule has 1 aromatic carbocycles. The second-order valence-electron chi connectivity index (χ2n) is 5.82. The summed E-state index contributed by atoms with van der Waals surface area (Å²) in [6.07, 6.45) is 2.10. The Labute approximate surface area is 129 Å². The van der Waals surface area contributed by atoms with E-state index in [2.05, 4.69) is 16.0 Å². The monoisotopic (exact) mass is 297 g/mol. The number of benzene rings is 1. The zero-order valence-corrected chi connectivity index (χ0v) is 13.0. The Morgan fingerprint density at radius 2 is 2.14 bits per heavy atom. The van der Waals surface area contributed by atoms with Gasteiger partial charge in [0.05, 0.1) is 23.7 Å². The predicted octanol–water partition coefficient (Wildman–Crippen LogP) is 3.06. The molecule has 0 radical (unpaired) electrons. The lowest BCUT2D eigenvalue weighted by Gasteiger charge is -2.17. The average molecular weight is 297 g/mol. The molecule has 0 fully saturated rings. The normalized spacial score (nSPS) is 11.0. The van der Waals surface area contributed by atoms with E-state index in [1.54, 1.807) is 0 Å². The van der Waals surface area contributed by atoms with E-state index in [4.69, 9.17) is 10.00 Å². The zero-order chi connectivity index (χ0) is 16.2. The number of nitrogens with one attached hydrogen (secondary N) is 1. The summed E-state index contributed by atoms with van der Waals surface area (Å²) in [6.45, 7) is 6.12. The average Bonchev–Trinajstić information content (AvgIpc) is 2.47. The summed E-state index contributed by atoms with van der Waals surface area (Å²) in [5, 5.41) is 9.04. The molecule has 0 saturated carbocycles. The third kappa shape index (κ3) is 3.73. The van der Waals surface area contributed by atoms with Gasteiger partial charge in [-0.2, -0.15) is 5.26 Å². The number of hydrogen-bond acceptors (Lipinski definition) is 4. The molecule has 0 aliphatic carbocycles. The van der Waals surface area contributed by atoms with Gasteiger partial charge in [-0.15, -0.1) is 0 Å². The van der Waals surface area contributed by atoms with E-state index in [1.807, 2.05) is 39.0 Å². The molecule has 2 aromatic rings. The van der Waals surface area contributed by atoms with Crippen LogP contribution in [0.3, 0.4) is 0 Å². The second kappa shape index (κ2) is 6.44. The molecule has 0 saturated heterocycles. The van der Waals surface area contributed by atoms with E-state index >= 15 is 0 Å². The molecule has 0 amide bonds. The van der Waals surface area contributed by atoms with Gasteiger partial charge >= 0.3 is 0 Å². The van der Waals surface area contributed by atoms with Crippen LogP contribution in [0.5, 0.6) is 5.75 Å². The number of rotatable bonds is 5. The van der Waals surface area contributed by atoms with Crippen molar-refractivity contribution in [2.24, 2.45) is 5.41 Å². The van der Waals surface area contributed by atoms with E-state index in [-0.39, 0.29) is 5.56 Å². The van der Waals surface area contributed by atoms with Gasteiger partial charge in [-0.05, 0) is 38.8 Å². The number of H-pyrrole nitrogens is 1. The highest BCUT2D eigenvalue weighted by Gasteiger charge is 2.17. The minimum Gasteiger partial charge on any atom is -0.493 e. The maximum absolute atomic E-state index is 11.5. The Morgan fingerprint density at radius 3 is 2.82 bits per heavy atom. The predicted molar refractivity (Wildman–Crippen MR) is 84.5 cm³/mol. The van der Waals surface area contributed by atoms with Gasteiger partial charge in [-0.1, -0.05) is 12.1 Å². The van der Waals surface area contributed by atoms with Crippen LogP contribution < -0.4 is 10.3 Å². The van der Waals surface area contributed by atoms with E-state index in [0.29, 0.717) is 24.6 Å². The number of hydrogen-bond donors (Lipinski definition) is 1. The van der Waals surface area contributed by atoms with Gasteiger partial charge in [-0.3, -0.25) is 4.79 Å². The van der Waals surface area contributed by atoms with Crippen LogP contribution in [-0.4, -0.2) is 16.6 Å². The maximum atomic E-state index is 11.5. The molecule has 0 aliphatic rings. The van der Waals surface area contributed by atoms with E-state index in [9.17, 15) is 4.79 Å². The Morgan fingerprint density at radius 1 is 1.36 bits per heavy atom. The fourth-order valence-corrected chi connectivity index (χ4v) is 2.03. The van der Waals surface area contributed by atoms with Gasteiger partial charge in [0.15, 0.2) is 0 Å². The van der Waals surface area contributed by atoms with Crippen LogP contribution >= 0.6 is 0 Å². The van der Waals surface area contributed by atoms with E-state index in [0.717, 1.165) is 11.1 Å². The van der Waals surface area contributed by atoms with Gasteiger partial charge in [0.1, 0.15) is 11.6 Å². The molecular formula is C17H19N3O2. The van der Waals surface area contributed by atoms with Crippen molar-refractivity contribution >= 4 is 0 Å². The summed E-state index contributed by atoms with van der Waals surface area (Å²) >= 11 is 0. The van der Waals surface area contributed by atoms with Crippen molar-refractivity contribution < 1.29 is 4.74 Å². The van der Waals surface area contributed by atoms with Crippen molar-refractivity contribution in [1.82, 2.24) is 9.97 Å². The Kier molecular flexibility index (Phi) is 4.62. The molecule has 1 aromatic heterocycles. The van der Waals surface area contributed by atoms with Crippen molar-refractivity contribution in [3.05, 3.63) is 46.4 Å². The van der Waals surface area contributed by atoms with Crippen LogP contribution in [0.4, 0.5) is 0 Å². The Hall–Kier alpha value is -2.61. The number of ether oxygens (including phenoxy) is 1. The number of aromatic nitrogens is 2. The summed E-state index contributed by atoms with van der Waals surface area (Å²) in [5.74, 6) is 1.14. The largest absolute Gasteiger partial charge is 0.493 e. The first kappa shape index (κ1) is 15.8. The van der Waals surface area contributed by atoms with Gasteiger partial charge in [0, 0.05) is 12.3 Å². The molecule has 2 rings (SSSR count). The number of aryl methyl sites for hydroxylation is 1. The third-order valence-electron chi connectivity index (χ3n) is 3.43. The molecule has 0 aliphatic heterocycles. The quantitative estimate of drug-likeness (QED) is 0.920. The first-order valence-corrected chi connectivity index (χ1v) is 7.12. The molecule has 1 N–H and O–H groups in total. The summed E-state index contributed by atoms with van der Waals surface area (Å²) in [4.78, 5) is 18.4. The lowest BCUT2D eigenvalue weighted by atomic mass is 9.92. The maximum Gasteiger partial charge on any atom is 0.251 e. The third-order valence-corrected chi connectivity index (χ3v) is 3.43. The highest BCUT2D eigenvalue weighted by atomic mass is 16.5. The van der Waals surface area contributed by atoms with Crippen molar-refractivity contribution in [2.75, 3.05) is 6.61 Å². The Bertz CT molecular complexity index is 757. The van der Waals surface area contributed by atoms with Gasteiger partial charge in [0.2, 0.25) is 0 Å². The SMILES string of the molecule is Cc1cccc(OCCC(C)(C)C#N)c1-c1nccc(=O)[nH]1.